The number of morpholine rings is 1. The van der Waals surface area contributed by atoms with Crippen molar-refractivity contribution in [1.82, 2.24) is 9.29 Å². The Labute approximate surface area is 225 Å². The molecule has 0 spiro atoms. The van der Waals surface area contributed by atoms with Crippen molar-refractivity contribution in [3.05, 3.63) is 96.6 Å². The molecule has 1 aliphatic rings. The molecular weight excluding hydrogens is 514 g/mol. The lowest BCUT2D eigenvalue weighted by Crippen LogP contribution is -2.40. The van der Waals surface area contributed by atoms with Crippen LogP contribution < -0.4 is 5.32 Å². The third-order valence-corrected chi connectivity index (χ3v) is 8.75. The number of fused-ring (bicyclic) bond motifs is 2. The van der Waals surface area contributed by atoms with Crippen molar-refractivity contribution in [3.63, 3.8) is 0 Å². The molecule has 9 heteroatoms. The van der Waals surface area contributed by atoms with Crippen LogP contribution >= 0.6 is 0 Å². The summed E-state index contributed by atoms with van der Waals surface area (Å²) < 4.78 is 32.9. The van der Waals surface area contributed by atoms with Crippen LogP contribution in [-0.4, -0.2) is 55.0 Å². The van der Waals surface area contributed by atoms with Crippen molar-refractivity contribution in [2.45, 2.75) is 4.90 Å². The van der Waals surface area contributed by atoms with Crippen molar-refractivity contribution in [1.29, 1.82) is 0 Å². The molecule has 0 radical (unpaired) electrons. The first kappa shape index (κ1) is 25.0. The van der Waals surface area contributed by atoms with E-state index in [1.54, 1.807) is 6.07 Å². The molecule has 0 bridgehead atoms. The highest BCUT2D eigenvalue weighted by atomic mass is 32.2. The van der Waals surface area contributed by atoms with Crippen LogP contribution in [0.15, 0.2) is 95.9 Å². The van der Waals surface area contributed by atoms with Crippen LogP contribution in [0.1, 0.15) is 10.4 Å². The number of phenols is 1. The highest BCUT2D eigenvalue weighted by Crippen LogP contribution is 2.32. The number of hydrogen-bond donors (Lipinski definition) is 2. The van der Waals surface area contributed by atoms with Gasteiger partial charge >= 0.3 is 0 Å². The molecule has 1 aromatic heterocycles. The monoisotopic (exact) mass is 539 g/mol. The Hall–Kier alpha value is -4.31. The van der Waals surface area contributed by atoms with Gasteiger partial charge in [0.2, 0.25) is 10.0 Å². The molecule has 5 aromatic rings. The largest absolute Gasteiger partial charge is 0.506 e. The van der Waals surface area contributed by atoms with Gasteiger partial charge in [-0.1, -0.05) is 60.7 Å². The van der Waals surface area contributed by atoms with E-state index < -0.39 is 15.9 Å². The van der Waals surface area contributed by atoms with E-state index in [4.69, 9.17) is 9.72 Å². The number of pyridine rings is 1. The maximum absolute atomic E-state index is 13.7. The van der Waals surface area contributed by atoms with Crippen LogP contribution in [0, 0.1) is 0 Å². The van der Waals surface area contributed by atoms with Crippen LogP contribution in [0.3, 0.4) is 0 Å². The van der Waals surface area contributed by atoms with Gasteiger partial charge in [-0.15, -0.1) is 0 Å². The second kappa shape index (κ2) is 10.1. The van der Waals surface area contributed by atoms with Gasteiger partial charge in [0.15, 0.2) is 0 Å². The van der Waals surface area contributed by atoms with E-state index in [1.807, 2.05) is 66.7 Å². The van der Waals surface area contributed by atoms with Crippen molar-refractivity contribution in [2.75, 3.05) is 31.6 Å². The molecule has 196 valence electrons. The number of benzene rings is 4. The minimum atomic E-state index is -3.82. The Balaban J connectivity index is 1.40. The molecule has 2 heterocycles. The van der Waals surface area contributed by atoms with E-state index in [0.717, 1.165) is 16.3 Å². The van der Waals surface area contributed by atoms with Gasteiger partial charge in [0, 0.05) is 24.0 Å². The second-order valence-electron chi connectivity index (χ2n) is 9.25. The number of hydrogen-bond acceptors (Lipinski definition) is 6. The number of para-hydroxylation sites is 1. The Morgan fingerprint density at radius 1 is 0.872 bits per heavy atom. The number of amides is 1. The summed E-state index contributed by atoms with van der Waals surface area (Å²) in [5.74, 6) is -0.733. The lowest BCUT2D eigenvalue weighted by molar-refractivity contribution is 0.0730. The highest BCUT2D eigenvalue weighted by Gasteiger charge is 2.27. The Morgan fingerprint density at radius 2 is 1.59 bits per heavy atom. The van der Waals surface area contributed by atoms with Gasteiger partial charge in [0.25, 0.3) is 5.91 Å². The first-order chi connectivity index (χ1) is 18.9. The summed E-state index contributed by atoms with van der Waals surface area (Å²) in [6.07, 6.45) is 0. The maximum Gasteiger partial charge on any atom is 0.256 e. The molecule has 8 nitrogen and oxygen atoms in total. The lowest BCUT2D eigenvalue weighted by atomic mass is 9.99. The summed E-state index contributed by atoms with van der Waals surface area (Å²) in [6.45, 7) is 1.11. The first-order valence-corrected chi connectivity index (χ1v) is 14.0. The number of carbonyl (C=O) groups excluding carboxylic acids is 1. The number of rotatable bonds is 5. The maximum atomic E-state index is 13.7. The van der Waals surface area contributed by atoms with Crippen molar-refractivity contribution >= 4 is 43.3 Å². The fourth-order valence-corrected chi connectivity index (χ4v) is 6.29. The van der Waals surface area contributed by atoms with E-state index in [1.165, 1.54) is 22.5 Å². The summed E-state index contributed by atoms with van der Waals surface area (Å²) in [7, 11) is -3.82. The molecule has 39 heavy (non-hydrogen) atoms. The second-order valence-corrected chi connectivity index (χ2v) is 11.2. The third kappa shape index (κ3) is 4.72. The van der Waals surface area contributed by atoms with Gasteiger partial charge < -0.3 is 15.2 Å². The number of nitrogens with one attached hydrogen (secondary N) is 1. The quantitative estimate of drug-likeness (QED) is 0.303. The van der Waals surface area contributed by atoms with Crippen LogP contribution in [0.2, 0.25) is 0 Å². The van der Waals surface area contributed by atoms with Gasteiger partial charge in [-0.2, -0.15) is 4.31 Å². The van der Waals surface area contributed by atoms with Crippen LogP contribution in [0.5, 0.6) is 5.75 Å². The van der Waals surface area contributed by atoms with Gasteiger partial charge in [-0.3, -0.25) is 4.79 Å². The summed E-state index contributed by atoms with van der Waals surface area (Å²) in [6, 6.07) is 26.9. The summed E-state index contributed by atoms with van der Waals surface area (Å²) >= 11 is 0. The van der Waals surface area contributed by atoms with E-state index in [-0.39, 0.29) is 29.4 Å². The van der Waals surface area contributed by atoms with E-state index in [2.05, 4.69) is 5.32 Å². The van der Waals surface area contributed by atoms with Crippen LogP contribution in [-0.2, 0) is 14.8 Å². The number of anilines is 1. The number of nitrogens with zero attached hydrogens (tertiary/aromatic N) is 2. The lowest BCUT2D eigenvalue weighted by Gasteiger charge is -2.26. The molecule has 0 aliphatic carbocycles. The van der Waals surface area contributed by atoms with Crippen molar-refractivity contribution in [3.8, 4) is 17.0 Å². The van der Waals surface area contributed by atoms with Crippen LogP contribution in [0.4, 0.5) is 5.69 Å². The molecular formula is C30H25N3O5S. The fraction of sp³-hybridized carbons (Fsp3) is 0.133. The number of ether oxygens (including phenoxy) is 1. The van der Waals surface area contributed by atoms with Gasteiger partial charge in [-0.25, -0.2) is 13.4 Å². The number of aromatic nitrogens is 1. The smallest absolute Gasteiger partial charge is 0.256 e. The summed E-state index contributed by atoms with van der Waals surface area (Å²) in [5, 5.41) is 15.9. The van der Waals surface area contributed by atoms with Gasteiger partial charge in [0.1, 0.15) is 5.75 Å². The van der Waals surface area contributed by atoms with E-state index >= 15 is 0 Å². The summed E-state index contributed by atoms with van der Waals surface area (Å²) in [4.78, 5) is 18.5. The molecule has 1 amide bonds. The minimum absolute atomic E-state index is 0.00180. The molecule has 1 aliphatic heterocycles. The molecule has 4 aromatic carbocycles. The molecule has 6 rings (SSSR count). The highest BCUT2D eigenvalue weighted by molar-refractivity contribution is 7.89. The molecule has 2 N–H and O–H groups in total. The number of phenolic OH excluding ortho intramolecular Hbond substituents is 1. The Morgan fingerprint density at radius 3 is 2.41 bits per heavy atom. The number of aromatic hydroxyl groups is 1. The molecule has 0 saturated carbocycles. The average Bonchev–Trinajstić information content (AvgIpc) is 2.97. The molecule has 0 atom stereocenters. The van der Waals surface area contributed by atoms with Crippen LogP contribution in [0.25, 0.3) is 32.9 Å². The predicted octanol–water partition coefficient (Wildman–Crippen LogP) is 5.03. The summed E-state index contributed by atoms with van der Waals surface area (Å²) in [5.41, 5.74) is 2.50. The number of sulfonamides is 1. The SMILES string of the molecule is O=C(Nc1cc(S(=O)(=O)N2CCOCC2)ccc1O)c1cc(-c2cccc3ccccc23)nc2ccccc12. The molecule has 1 fully saturated rings. The van der Waals surface area contributed by atoms with E-state index in [9.17, 15) is 18.3 Å². The predicted molar refractivity (Wildman–Crippen MR) is 150 cm³/mol. The van der Waals surface area contributed by atoms with Gasteiger partial charge in [-0.05, 0) is 41.1 Å². The normalized spacial score (nSPS) is 14.5. The topological polar surface area (TPSA) is 109 Å². The van der Waals surface area contributed by atoms with E-state index in [0.29, 0.717) is 35.4 Å². The van der Waals surface area contributed by atoms with Crippen molar-refractivity contribution < 1.29 is 23.1 Å². The van der Waals surface area contributed by atoms with Gasteiger partial charge in [0.05, 0.1) is 40.6 Å². The Bertz CT molecular complexity index is 1830. The zero-order chi connectivity index (χ0) is 27.0. The minimum Gasteiger partial charge on any atom is -0.506 e. The fourth-order valence-electron chi connectivity index (χ4n) is 4.85. The zero-order valence-corrected chi connectivity index (χ0v) is 21.7. The third-order valence-electron chi connectivity index (χ3n) is 6.85. The number of carbonyl (C=O) groups is 1. The average molecular weight is 540 g/mol. The molecule has 0 unspecified atom stereocenters. The zero-order valence-electron chi connectivity index (χ0n) is 20.9. The first-order valence-electron chi connectivity index (χ1n) is 12.5. The standard InChI is InChI=1S/C30H25N3O5S/c34-29-13-12-21(39(36,37)33-14-16-38-17-15-33)18-28(29)32-30(35)25-19-27(31-26-11-4-3-9-24(25)26)23-10-5-7-20-6-1-2-8-22(20)23/h1-13,18-19,34H,14-17H2,(H,32,35). The Kier molecular flexibility index (Phi) is 6.48. The van der Waals surface area contributed by atoms with Crippen molar-refractivity contribution in [2.24, 2.45) is 0 Å². The molecule has 1 saturated heterocycles.